The molecule has 1 saturated heterocycles. The zero-order chi connectivity index (χ0) is 19.9. The summed E-state index contributed by atoms with van der Waals surface area (Å²) < 4.78 is 4.98. The molecule has 1 aromatic heterocycles. The fraction of sp³-hybridized carbons (Fsp3) is 0.667. The number of ether oxygens (including phenoxy) is 1. The average molecular weight is 410 g/mol. The number of hydrogen-bond donors (Lipinski definition) is 2. The van der Waals surface area contributed by atoms with Crippen LogP contribution in [0.2, 0.25) is 0 Å². The van der Waals surface area contributed by atoms with Gasteiger partial charge in [-0.15, -0.1) is 11.3 Å². The highest BCUT2D eigenvalue weighted by atomic mass is 32.1. The summed E-state index contributed by atoms with van der Waals surface area (Å²) in [5.74, 6) is -0.0230. The van der Waals surface area contributed by atoms with E-state index >= 15 is 0 Å². The highest BCUT2D eigenvalue weighted by Gasteiger charge is 2.25. The largest absolute Gasteiger partial charge is 0.450 e. The molecule has 1 aliphatic heterocycles. The van der Waals surface area contributed by atoms with Crippen LogP contribution in [-0.4, -0.2) is 71.6 Å². The minimum absolute atomic E-state index is 0.0230. The molecular weight excluding hydrogens is 382 g/mol. The van der Waals surface area contributed by atoms with Crippen molar-refractivity contribution in [1.82, 2.24) is 20.1 Å². The summed E-state index contributed by atoms with van der Waals surface area (Å²) in [6, 6.07) is 0.0402. The van der Waals surface area contributed by atoms with E-state index in [4.69, 9.17) is 4.74 Å². The van der Waals surface area contributed by atoms with Crippen LogP contribution in [0.3, 0.4) is 0 Å². The molecule has 2 aliphatic rings. The molecule has 0 unspecified atom stereocenters. The Hall–Kier alpha value is -2.36. The molecular formula is C18H27N5O4S. The lowest BCUT2D eigenvalue weighted by atomic mass is 10.2. The number of amides is 4. The average Bonchev–Trinajstić information content (AvgIpc) is 3.34. The number of carbonyl (C=O) groups is 3. The molecule has 1 saturated carbocycles. The van der Waals surface area contributed by atoms with Gasteiger partial charge in [-0.2, -0.15) is 0 Å². The standard InChI is InChI=1S/C18H27N5O4S/c1-2-27-18(26)23-9-7-22(8-10-23)17(25)21-16-20-14(12-28-16)11-15(24)19-13-5-3-4-6-13/h12-13H,2-11H2,1H3,(H,19,24)(H,20,21,25). The first-order chi connectivity index (χ1) is 13.5. The molecule has 0 bridgehead atoms. The fourth-order valence-electron chi connectivity index (χ4n) is 3.44. The van der Waals surface area contributed by atoms with E-state index < -0.39 is 0 Å². The highest BCUT2D eigenvalue weighted by Crippen LogP contribution is 2.19. The van der Waals surface area contributed by atoms with Crippen LogP contribution in [0.4, 0.5) is 14.7 Å². The highest BCUT2D eigenvalue weighted by molar-refractivity contribution is 7.13. The number of nitrogens with zero attached hydrogens (tertiary/aromatic N) is 3. The van der Waals surface area contributed by atoms with Gasteiger partial charge in [-0.1, -0.05) is 12.8 Å². The van der Waals surface area contributed by atoms with E-state index in [1.807, 2.05) is 0 Å². The second kappa shape index (κ2) is 9.72. The molecule has 0 spiro atoms. The Labute approximate surface area is 168 Å². The molecule has 3 rings (SSSR count). The van der Waals surface area contributed by atoms with Crippen molar-refractivity contribution in [3.05, 3.63) is 11.1 Å². The maximum absolute atomic E-state index is 12.4. The summed E-state index contributed by atoms with van der Waals surface area (Å²) >= 11 is 1.30. The quantitative estimate of drug-likeness (QED) is 0.775. The summed E-state index contributed by atoms with van der Waals surface area (Å²) in [7, 11) is 0. The minimum atomic E-state index is -0.344. The minimum Gasteiger partial charge on any atom is -0.450 e. The molecule has 154 valence electrons. The first kappa shape index (κ1) is 20.4. The Bertz CT molecular complexity index is 696. The summed E-state index contributed by atoms with van der Waals surface area (Å²) in [6.45, 7) is 3.86. The lowest BCUT2D eigenvalue weighted by Gasteiger charge is -2.33. The summed E-state index contributed by atoms with van der Waals surface area (Å²) in [5, 5.41) is 8.08. The van der Waals surface area contributed by atoms with E-state index in [0.717, 1.165) is 12.8 Å². The van der Waals surface area contributed by atoms with Crippen molar-refractivity contribution in [3.8, 4) is 0 Å². The Kier molecular flexibility index (Phi) is 7.07. The Morgan fingerprint density at radius 3 is 2.54 bits per heavy atom. The van der Waals surface area contributed by atoms with Crippen LogP contribution in [0.25, 0.3) is 0 Å². The monoisotopic (exact) mass is 409 g/mol. The van der Waals surface area contributed by atoms with Gasteiger partial charge in [0.15, 0.2) is 5.13 Å². The number of aromatic nitrogens is 1. The second-order valence-corrected chi connectivity index (χ2v) is 7.83. The van der Waals surface area contributed by atoms with Gasteiger partial charge in [0, 0.05) is 37.6 Å². The fourth-order valence-corrected chi connectivity index (χ4v) is 4.14. The molecule has 1 aromatic rings. The predicted octanol–water partition coefficient (Wildman–Crippen LogP) is 2.05. The van der Waals surface area contributed by atoms with Crippen LogP contribution in [0, 0.1) is 0 Å². The van der Waals surface area contributed by atoms with Gasteiger partial charge in [0.1, 0.15) is 0 Å². The van der Waals surface area contributed by atoms with E-state index in [1.54, 1.807) is 22.1 Å². The van der Waals surface area contributed by atoms with Crippen molar-refractivity contribution < 1.29 is 19.1 Å². The van der Waals surface area contributed by atoms with Crippen molar-refractivity contribution in [2.75, 3.05) is 38.1 Å². The summed E-state index contributed by atoms with van der Waals surface area (Å²) in [6.07, 6.45) is 4.32. The molecule has 2 heterocycles. The lowest BCUT2D eigenvalue weighted by molar-refractivity contribution is -0.121. The smallest absolute Gasteiger partial charge is 0.409 e. The molecule has 0 aromatic carbocycles. The second-order valence-electron chi connectivity index (χ2n) is 6.97. The van der Waals surface area contributed by atoms with Crippen LogP contribution in [-0.2, 0) is 16.0 Å². The Morgan fingerprint density at radius 2 is 1.86 bits per heavy atom. The van der Waals surface area contributed by atoms with Gasteiger partial charge in [0.05, 0.1) is 18.7 Å². The number of piperazine rings is 1. The van der Waals surface area contributed by atoms with Gasteiger partial charge >= 0.3 is 12.1 Å². The van der Waals surface area contributed by atoms with E-state index in [0.29, 0.717) is 49.7 Å². The molecule has 0 atom stereocenters. The maximum Gasteiger partial charge on any atom is 0.409 e. The summed E-state index contributed by atoms with van der Waals surface area (Å²) in [5.41, 5.74) is 0.655. The Balaban J connectivity index is 1.42. The van der Waals surface area contributed by atoms with Gasteiger partial charge in [0.2, 0.25) is 5.91 Å². The van der Waals surface area contributed by atoms with Crippen LogP contribution in [0.1, 0.15) is 38.3 Å². The SMILES string of the molecule is CCOC(=O)N1CCN(C(=O)Nc2nc(CC(=O)NC3CCCC3)cs2)CC1. The van der Waals surface area contributed by atoms with Crippen LogP contribution in [0.15, 0.2) is 5.38 Å². The normalized spacial score (nSPS) is 17.5. The van der Waals surface area contributed by atoms with E-state index in [2.05, 4.69) is 15.6 Å². The van der Waals surface area contributed by atoms with Crippen molar-refractivity contribution in [2.45, 2.75) is 45.1 Å². The first-order valence-electron chi connectivity index (χ1n) is 9.76. The van der Waals surface area contributed by atoms with Crippen molar-refractivity contribution in [3.63, 3.8) is 0 Å². The molecule has 10 heteroatoms. The predicted molar refractivity (Wildman–Crippen MR) is 105 cm³/mol. The number of nitrogens with one attached hydrogen (secondary N) is 2. The van der Waals surface area contributed by atoms with Gasteiger partial charge in [-0.05, 0) is 19.8 Å². The lowest BCUT2D eigenvalue weighted by Crippen LogP contribution is -2.51. The number of hydrogen-bond acceptors (Lipinski definition) is 6. The molecule has 2 fully saturated rings. The third kappa shape index (κ3) is 5.57. The van der Waals surface area contributed by atoms with E-state index in [-0.39, 0.29) is 24.5 Å². The van der Waals surface area contributed by atoms with E-state index in [1.165, 1.54) is 24.2 Å². The molecule has 9 nitrogen and oxygen atoms in total. The number of rotatable bonds is 5. The zero-order valence-corrected chi connectivity index (χ0v) is 16.9. The number of carbonyl (C=O) groups excluding carboxylic acids is 3. The third-order valence-corrected chi connectivity index (χ3v) is 5.73. The van der Waals surface area contributed by atoms with Gasteiger partial charge in [0.25, 0.3) is 0 Å². The van der Waals surface area contributed by atoms with Crippen LogP contribution < -0.4 is 10.6 Å². The van der Waals surface area contributed by atoms with Crippen molar-refractivity contribution in [1.29, 1.82) is 0 Å². The molecule has 0 radical (unpaired) electrons. The number of thiazole rings is 1. The van der Waals surface area contributed by atoms with Gasteiger partial charge in [-0.25, -0.2) is 14.6 Å². The molecule has 2 N–H and O–H groups in total. The zero-order valence-electron chi connectivity index (χ0n) is 16.1. The van der Waals surface area contributed by atoms with Gasteiger partial charge < -0.3 is 19.9 Å². The van der Waals surface area contributed by atoms with Gasteiger partial charge in [-0.3, -0.25) is 10.1 Å². The molecule has 28 heavy (non-hydrogen) atoms. The Morgan fingerprint density at radius 1 is 1.18 bits per heavy atom. The first-order valence-corrected chi connectivity index (χ1v) is 10.6. The molecule has 4 amide bonds. The van der Waals surface area contributed by atoms with Crippen molar-refractivity contribution >= 4 is 34.5 Å². The maximum atomic E-state index is 12.4. The topological polar surface area (TPSA) is 104 Å². The number of urea groups is 1. The molecule has 1 aliphatic carbocycles. The number of anilines is 1. The summed E-state index contributed by atoms with van der Waals surface area (Å²) in [4.78, 5) is 43.8. The third-order valence-electron chi connectivity index (χ3n) is 4.92. The van der Waals surface area contributed by atoms with Crippen LogP contribution >= 0.6 is 11.3 Å². The van der Waals surface area contributed by atoms with Crippen molar-refractivity contribution in [2.24, 2.45) is 0 Å². The van der Waals surface area contributed by atoms with E-state index in [9.17, 15) is 14.4 Å². The van der Waals surface area contributed by atoms with Crippen LogP contribution in [0.5, 0.6) is 0 Å².